The van der Waals surface area contributed by atoms with Gasteiger partial charge in [-0.05, 0) is 35.9 Å². The van der Waals surface area contributed by atoms with Crippen LogP contribution in [-0.4, -0.2) is 13.1 Å². The number of hydrogen-bond donors (Lipinski definition) is 1. The van der Waals surface area contributed by atoms with E-state index in [4.69, 9.17) is 15.7 Å². The summed E-state index contributed by atoms with van der Waals surface area (Å²) >= 11 is 0. The number of nitrogen functional groups attached to an aromatic ring is 1. The molecule has 0 unspecified atom stereocenters. The van der Waals surface area contributed by atoms with Crippen LogP contribution in [0.5, 0.6) is 5.75 Å². The zero-order valence-electron chi connectivity index (χ0n) is 11.5. The maximum Gasteiger partial charge on any atom is 0.337 e. The average molecular weight is 282 g/mol. The van der Waals surface area contributed by atoms with E-state index in [1.807, 2.05) is 0 Å². The van der Waals surface area contributed by atoms with E-state index in [1.54, 1.807) is 42.5 Å². The van der Waals surface area contributed by atoms with Gasteiger partial charge in [-0.15, -0.1) is 0 Å². The Hall–Kier alpha value is -3.00. The highest BCUT2D eigenvalue weighted by Gasteiger charge is 2.09. The summed E-state index contributed by atoms with van der Waals surface area (Å²) in [6.07, 6.45) is 0. The summed E-state index contributed by atoms with van der Waals surface area (Å²) in [6, 6.07) is 13.8. The van der Waals surface area contributed by atoms with Gasteiger partial charge in [0.25, 0.3) is 0 Å². The van der Waals surface area contributed by atoms with Gasteiger partial charge in [0.1, 0.15) is 12.4 Å². The molecular formula is C16H14N2O3. The molecule has 0 radical (unpaired) electrons. The number of ether oxygens (including phenoxy) is 2. The third-order valence-electron chi connectivity index (χ3n) is 2.91. The van der Waals surface area contributed by atoms with Crippen LogP contribution in [0.1, 0.15) is 21.5 Å². The molecule has 0 spiro atoms. The van der Waals surface area contributed by atoms with E-state index >= 15 is 0 Å². The van der Waals surface area contributed by atoms with Gasteiger partial charge in [-0.1, -0.05) is 12.1 Å². The van der Waals surface area contributed by atoms with Crippen molar-refractivity contribution in [3.05, 3.63) is 59.2 Å². The summed E-state index contributed by atoms with van der Waals surface area (Å²) in [5.74, 6) is -0.0273. The van der Waals surface area contributed by atoms with E-state index in [0.717, 1.165) is 5.56 Å². The Bertz CT molecular complexity index is 688. The lowest BCUT2D eigenvalue weighted by molar-refractivity contribution is 0.0600. The van der Waals surface area contributed by atoms with Crippen molar-refractivity contribution in [2.45, 2.75) is 6.61 Å². The molecule has 0 aliphatic carbocycles. The van der Waals surface area contributed by atoms with Gasteiger partial charge < -0.3 is 15.2 Å². The number of nitrogens with two attached hydrogens (primary N) is 1. The summed E-state index contributed by atoms with van der Waals surface area (Å²) in [4.78, 5) is 11.5. The predicted octanol–water partition coefficient (Wildman–Crippen LogP) is 2.51. The maximum absolute atomic E-state index is 11.5. The van der Waals surface area contributed by atoms with Crippen molar-refractivity contribution in [1.82, 2.24) is 0 Å². The summed E-state index contributed by atoms with van der Waals surface area (Å²) < 4.78 is 10.3. The van der Waals surface area contributed by atoms with Gasteiger partial charge in [0.15, 0.2) is 0 Å². The van der Waals surface area contributed by atoms with Gasteiger partial charge in [-0.3, -0.25) is 0 Å². The van der Waals surface area contributed by atoms with E-state index in [2.05, 4.69) is 10.8 Å². The molecule has 2 aromatic rings. The minimum Gasteiger partial charge on any atom is -0.487 e. The molecule has 0 amide bonds. The number of rotatable bonds is 4. The first kappa shape index (κ1) is 14.4. The van der Waals surface area contributed by atoms with Crippen LogP contribution in [0.15, 0.2) is 42.5 Å². The van der Waals surface area contributed by atoms with Gasteiger partial charge in [0.2, 0.25) is 0 Å². The maximum atomic E-state index is 11.5. The fraction of sp³-hybridized carbons (Fsp3) is 0.125. The molecule has 0 aromatic heterocycles. The van der Waals surface area contributed by atoms with Crippen molar-refractivity contribution in [2.24, 2.45) is 0 Å². The van der Waals surface area contributed by atoms with E-state index in [0.29, 0.717) is 29.2 Å². The van der Waals surface area contributed by atoms with Crippen LogP contribution >= 0.6 is 0 Å². The van der Waals surface area contributed by atoms with E-state index in [9.17, 15) is 4.79 Å². The Morgan fingerprint density at radius 3 is 2.57 bits per heavy atom. The smallest absolute Gasteiger partial charge is 0.337 e. The summed E-state index contributed by atoms with van der Waals surface area (Å²) in [5.41, 5.74) is 8.13. The normalized spacial score (nSPS) is 9.71. The number of carbonyl (C=O) groups is 1. The summed E-state index contributed by atoms with van der Waals surface area (Å²) in [6.45, 7) is 0.292. The van der Waals surface area contributed by atoms with Crippen LogP contribution in [0, 0.1) is 11.3 Å². The van der Waals surface area contributed by atoms with Crippen molar-refractivity contribution in [2.75, 3.05) is 12.8 Å². The molecule has 0 aliphatic heterocycles. The summed E-state index contributed by atoms with van der Waals surface area (Å²) in [7, 11) is 1.32. The molecule has 21 heavy (non-hydrogen) atoms. The second kappa shape index (κ2) is 6.44. The van der Waals surface area contributed by atoms with Crippen molar-refractivity contribution >= 4 is 11.7 Å². The second-order valence-electron chi connectivity index (χ2n) is 4.34. The minimum absolute atomic E-state index is 0.292. The van der Waals surface area contributed by atoms with Crippen molar-refractivity contribution < 1.29 is 14.3 Å². The SMILES string of the molecule is COC(=O)c1ccc(N)c(OCc2ccc(C#N)cc2)c1. The molecule has 2 N–H and O–H groups in total. The molecule has 0 saturated heterocycles. The Morgan fingerprint density at radius 1 is 1.24 bits per heavy atom. The van der Waals surface area contributed by atoms with E-state index in [-0.39, 0.29) is 0 Å². The topological polar surface area (TPSA) is 85.3 Å². The zero-order chi connectivity index (χ0) is 15.2. The van der Waals surface area contributed by atoms with Crippen molar-refractivity contribution in [1.29, 1.82) is 5.26 Å². The zero-order valence-corrected chi connectivity index (χ0v) is 11.5. The number of hydrogen-bond acceptors (Lipinski definition) is 5. The molecule has 0 atom stereocenters. The largest absolute Gasteiger partial charge is 0.487 e. The molecule has 2 rings (SSSR count). The van der Waals surface area contributed by atoms with Crippen molar-refractivity contribution in [3.8, 4) is 11.8 Å². The average Bonchev–Trinajstić information content (AvgIpc) is 2.53. The number of benzene rings is 2. The number of methoxy groups -OCH3 is 1. The summed E-state index contributed by atoms with van der Waals surface area (Å²) in [5, 5.41) is 8.74. The number of carbonyl (C=O) groups excluding carboxylic acids is 1. The molecular weight excluding hydrogens is 268 g/mol. The van der Waals surface area contributed by atoms with Crippen LogP contribution < -0.4 is 10.5 Å². The highest BCUT2D eigenvalue weighted by molar-refractivity contribution is 5.90. The lowest BCUT2D eigenvalue weighted by Gasteiger charge is -2.10. The van der Waals surface area contributed by atoms with E-state index < -0.39 is 5.97 Å². The van der Waals surface area contributed by atoms with Crippen molar-refractivity contribution in [3.63, 3.8) is 0 Å². The van der Waals surface area contributed by atoms with E-state index in [1.165, 1.54) is 7.11 Å². The molecule has 0 heterocycles. The first-order chi connectivity index (χ1) is 10.1. The number of nitrogens with zero attached hydrogens (tertiary/aromatic N) is 1. The second-order valence-corrected chi connectivity index (χ2v) is 4.34. The number of esters is 1. The molecule has 0 aliphatic rings. The third kappa shape index (κ3) is 3.51. The fourth-order valence-corrected chi connectivity index (χ4v) is 1.74. The van der Waals surface area contributed by atoms with Crippen LogP contribution in [0.25, 0.3) is 0 Å². The fourth-order valence-electron chi connectivity index (χ4n) is 1.74. The monoisotopic (exact) mass is 282 g/mol. The Labute approximate surface area is 122 Å². The third-order valence-corrected chi connectivity index (χ3v) is 2.91. The number of nitriles is 1. The lowest BCUT2D eigenvalue weighted by Crippen LogP contribution is -2.04. The van der Waals surface area contributed by atoms with Gasteiger partial charge in [-0.2, -0.15) is 5.26 Å². The standard InChI is InChI=1S/C16H14N2O3/c1-20-16(19)13-6-7-14(18)15(8-13)21-10-12-4-2-11(9-17)3-5-12/h2-8H,10,18H2,1H3. The molecule has 106 valence electrons. The Kier molecular flexibility index (Phi) is 4.42. The molecule has 5 heteroatoms. The first-order valence-electron chi connectivity index (χ1n) is 6.23. The van der Waals surface area contributed by atoms with Crippen LogP contribution in [0.2, 0.25) is 0 Å². The van der Waals surface area contributed by atoms with Gasteiger partial charge >= 0.3 is 5.97 Å². The molecule has 2 aromatic carbocycles. The molecule has 0 fully saturated rings. The highest BCUT2D eigenvalue weighted by atomic mass is 16.5. The molecule has 0 saturated carbocycles. The van der Waals surface area contributed by atoms with Gasteiger partial charge in [0.05, 0.1) is 30.0 Å². The Balaban J connectivity index is 2.11. The number of anilines is 1. The van der Waals surface area contributed by atoms with Gasteiger partial charge in [0, 0.05) is 0 Å². The van der Waals surface area contributed by atoms with Crippen LogP contribution in [0.4, 0.5) is 5.69 Å². The van der Waals surface area contributed by atoms with Crippen LogP contribution in [0.3, 0.4) is 0 Å². The Morgan fingerprint density at radius 2 is 1.95 bits per heavy atom. The molecule has 0 bridgehead atoms. The van der Waals surface area contributed by atoms with Gasteiger partial charge in [-0.25, -0.2) is 4.79 Å². The minimum atomic E-state index is -0.446. The first-order valence-corrected chi connectivity index (χ1v) is 6.23. The highest BCUT2D eigenvalue weighted by Crippen LogP contribution is 2.24. The predicted molar refractivity (Wildman–Crippen MR) is 77.7 cm³/mol. The molecule has 5 nitrogen and oxygen atoms in total. The lowest BCUT2D eigenvalue weighted by atomic mass is 10.1. The quantitative estimate of drug-likeness (QED) is 0.688. The van der Waals surface area contributed by atoms with Crippen LogP contribution in [-0.2, 0) is 11.3 Å².